The van der Waals surface area contributed by atoms with Crippen LogP contribution < -0.4 is 11.1 Å². The monoisotopic (exact) mass is 322 g/mol. The molecule has 0 aromatic heterocycles. The first kappa shape index (κ1) is 16.4. The van der Waals surface area contributed by atoms with Crippen LogP contribution in [0.3, 0.4) is 0 Å². The van der Waals surface area contributed by atoms with Gasteiger partial charge in [0.1, 0.15) is 0 Å². The molecule has 23 heavy (non-hydrogen) atoms. The van der Waals surface area contributed by atoms with E-state index in [9.17, 15) is 13.6 Å². The highest BCUT2D eigenvalue weighted by Gasteiger charge is 2.39. The third-order valence-electron chi connectivity index (χ3n) is 5.36. The lowest BCUT2D eigenvalue weighted by Gasteiger charge is -2.45. The van der Waals surface area contributed by atoms with Crippen LogP contribution >= 0.6 is 0 Å². The molecule has 1 amide bonds. The number of nitrogens with two attached hydrogens (primary N) is 1. The van der Waals surface area contributed by atoms with Crippen LogP contribution in [0, 0.1) is 23.5 Å². The van der Waals surface area contributed by atoms with Gasteiger partial charge in [0.15, 0.2) is 11.6 Å². The van der Waals surface area contributed by atoms with Crippen LogP contribution in [0.25, 0.3) is 0 Å². The highest BCUT2D eigenvalue weighted by molar-refractivity contribution is 5.76. The van der Waals surface area contributed by atoms with E-state index in [-0.39, 0.29) is 36.4 Å². The summed E-state index contributed by atoms with van der Waals surface area (Å²) in [7, 11) is 0. The van der Waals surface area contributed by atoms with Crippen molar-refractivity contribution in [1.29, 1.82) is 0 Å². The number of fused-ring (bicyclic) bond motifs is 2. The molecule has 0 heterocycles. The van der Waals surface area contributed by atoms with E-state index in [1.807, 2.05) is 0 Å². The fourth-order valence-electron chi connectivity index (χ4n) is 4.27. The molecule has 2 aliphatic carbocycles. The van der Waals surface area contributed by atoms with Gasteiger partial charge in [-0.3, -0.25) is 4.79 Å². The Kier molecular flexibility index (Phi) is 4.95. The van der Waals surface area contributed by atoms with Crippen molar-refractivity contribution in [3.05, 3.63) is 35.4 Å². The van der Waals surface area contributed by atoms with Gasteiger partial charge < -0.3 is 11.1 Å². The number of rotatable bonds is 4. The van der Waals surface area contributed by atoms with Gasteiger partial charge in [0.05, 0.1) is 0 Å². The smallest absolute Gasteiger partial charge is 0.220 e. The van der Waals surface area contributed by atoms with Gasteiger partial charge in [-0.05, 0) is 55.6 Å². The van der Waals surface area contributed by atoms with Crippen molar-refractivity contribution in [2.45, 2.75) is 57.0 Å². The number of halogens is 2. The lowest BCUT2D eigenvalue weighted by molar-refractivity contribution is -0.123. The van der Waals surface area contributed by atoms with Gasteiger partial charge in [0.25, 0.3) is 0 Å². The molecule has 0 spiro atoms. The van der Waals surface area contributed by atoms with Crippen molar-refractivity contribution in [2.24, 2.45) is 17.6 Å². The minimum Gasteiger partial charge on any atom is -0.353 e. The van der Waals surface area contributed by atoms with Crippen LogP contribution in [0.5, 0.6) is 0 Å². The van der Waals surface area contributed by atoms with E-state index in [0.717, 1.165) is 31.7 Å². The van der Waals surface area contributed by atoms with E-state index in [0.29, 0.717) is 11.8 Å². The molecule has 2 atom stereocenters. The second-order valence-corrected chi connectivity index (χ2v) is 6.99. The maximum Gasteiger partial charge on any atom is 0.220 e. The van der Waals surface area contributed by atoms with Gasteiger partial charge in [-0.15, -0.1) is 0 Å². The van der Waals surface area contributed by atoms with Gasteiger partial charge in [-0.1, -0.05) is 18.6 Å². The number of carbonyl (C=O) groups is 1. The number of aryl methyl sites for hydroxylation is 1. The Morgan fingerprint density at radius 3 is 2.61 bits per heavy atom. The molecule has 2 unspecified atom stereocenters. The standard InChI is InChI=1S/C18H24F2N2O/c19-15-6-2-3-11(17(15)20)7-8-16(23)22-18-12-4-1-5-13(18)10-14(21)9-12/h2-3,6,12-14,18H,1,4-5,7-10,21H2,(H,22,23). The summed E-state index contributed by atoms with van der Waals surface area (Å²) < 4.78 is 26.8. The van der Waals surface area contributed by atoms with E-state index in [1.54, 1.807) is 0 Å². The Labute approximate surface area is 135 Å². The second-order valence-electron chi connectivity index (χ2n) is 6.99. The first-order valence-corrected chi connectivity index (χ1v) is 8.52. The molecule has 2 bridgehead atoms. The molecular weight excluding hydrogens is 298 g/mol. The molecule has 3 nitrogen and oxygen atoms in total. The van der Waals surface area contributed by atoms with Crippen LogP contribution in [0.15, 0.2) is 18.2 Å². The highest BCUT2D eigenvalue weighted by atomic mass is 19.2. The predicted octanol–water partition coefficient (Wildman–Crippen LogP) is 2.92. The summed E-state index contributed by atoms with van der Waals surface area (Å²) in [5.74, 6) is -0.856. The number of nitrogens with one attached hydrogen (secondary N) is 1. The van der Waals surface area contributed by atoms with Gasteiger partial charge in [0, 0.05) is 18.5 Å². The maximum absolute atomic E-state index is 13.6. The molecule has 0 saturated heterocycles. The Bertz CT molecular complexity index is 564. The van der Waals surface area contributed by atoms with Crippen molar-refractivity contribution < 1.29 is 13.6 Å². The quantitative estimate of drug-likeness (QED) is 0.895. The zero-order chi connectivity index (χ0) is 16.4. The van der Waals surface area contributed by atoms with Crippen molar-refractivity contribution in [2.75, 3.05) is 0 Å². The molecule has 1 aromatic carbocycles. The molecule has 2 saturated carbocycles. The fourth-order valence-corrected chi connectivity index (χ4v) is 4.27. The molecule has 0 radical (unpaired) electrons. The Balaban J connectivity index is 1.56. The lowest BCUT2D eigenvalue weighted by atomic mass is 9.67. The molecule has 0 aliphatic heterocycles. The molecule has 3 rings (SSSR count). The van der Waals surface area contributed by atoms with Crippen LogP contribution in [0.4, 0.5) is 8.78 Å². The Hall–Kier alpha value is -1.49. The number of amides is 1. The summed E-state index contributed by atoms with van der Waals surface area (Å²) in [6.45, 7) is 0. The van der Waals surface area contributed by atoms with Gasteiger partial charge >= 0.3 is 0 Å². The summed E-state index contributed by atoms with van der Waals surface area (Å²) in [6.07, 6.45) is 5.80. The molecule has 3 N–H and O–H groups in total. The molecule has 2 fully saturated rings. The minimum atomic E-state index is -0.862. The summed E-state index contributed by atoms with van der Waals surface area (Å²) >= 11 is 0. The first-order valence-electron chi connectivity index (χ1n) is 8.52. The van der Waals surface area contributed by atoms with Crippen LogP contribution in [-0.2, 0) is 11.2 Å². The van der Waals surface area contributed by atoms with Crippen molar-refractivity contribution in [3.8, 4) is 0 Å². The van der Waals surface area contributed by atoms with Crippen LogP contribution in [-0.4, -0.2) is 18.0 Å². The zero-order valence-electron chi connectivity index (χ0n) is 13.2. The summed E-state index contributed by atoms with van der Waals surface area (Å²) in [5.41, 5.74) is 6.35. The largest absolute Gasteiger partial charge is 0.353 e. The molecule has 126 valence electrons. The van der Waals surface area contributed by atoms with E-state index in [1.165, 1.54) is 18.6 Å². The normalized spacial score (nSPS) is 30.0. The topological polar surface area (TPSA) is 55.1 Å². The maximum atomic E-state index is 13.6. The van der Waals surface area contributed by atoms with Gasteiger partial charge in [-0.25, -0.2) is 8.78 Å². The third kappa shape index (κ3) is 3.71. The van der Waals surface area contributed by atoms with Crippen LogP contribution in [0.2, 0.25) is 0 Å². The van der Waals surface area contributed by atoms with E-state index in [4.69, 9.17) is 5.73 Å². The van der Waals surface area contributed by atoms with E-state index < -0.39 is 11.6 Å². The number of carbonyl (C=O) groups excluding carboxylic acids is 1. The average molecular weight is 322 g/mol. The molecule has 5 heteroatoms. The molecular formula is C18H24F2N2O. The highest BCUT2D eigenvalue weighted by Crippen LogP contribution is 2.39. The lowest BCUT2D eigenvalue weighted by Crippen LogP contribution is -2.53. The molecule has 2 aliphatic rings. The number of benzene rings is 1. The summed E-state index contributed by atoms with van der Waals surface area (Å²) in [6, 6.07) is 4.54. The first-order chi connectivity index (χ1) is 11.0. The van der Waals surface area contributed by atoms with Gasteiger partial charge in [0.2, 0.25) is 5.91 Å². The average Bonchev–Trinajstić information content (AvgIpc) is 2.50. The number of hydrogen-bond acceptors (Lipinski definition) is 2. The summed E-state index contributed by atoms with van der Waals surface area (Å²) in [4.78, 5) is 12.2. The summed E-state index contributed by atoms with van der Waals surface area (Å²) in [5, 5.41) is 3.14. The van der Waals surface area contributed by atoms with Crippen molar-refractivity contribution in [3.63, 3.8) is 0 Å². The van der Waals surface area contributed by atoms with Crippen molar-refractivity contribution >= 4 is 5.91 Å². The second kappa shape index (κ2) is 6.95. The number of hydrogen-bond donors (Lipinski definition) is 2. The fraction of sp³-hybridized carbons (Fsp3) is 0.611. The molecule has 1 aromatic rings. The Morgan fingerprint density at radius 2 is 1.91 bits per heavy atom. The van der Waals surface area contributed by atoms with Gasteiger partial charge in [-0.2, -0.15) is 0 Å². The third-order valence-corrected chi connectivity index (χ3v) is 5.36. The van der Waals surface area contributed by atoms with E-state index in [2.05, 4.69) is 5.32 Å². The zero-order valence-corrected chi connectivity index (χ0v) is 13.2. The van der Waals surface area contributed by atoms with E-state index >= 15 is 0 Å². The minimum absolute atomic E-state index is 0.0777. The SMILES string of the molecule is NC1CC2CCCC(C1)C2NC(=O)CCc1cccc(F)c1F. The van der Waals surface area contributed by atoms with Crippen molar-refractivity contribution in [1.82, 2.24) is 5.32 Å². The Morgan fingerprint density at radius 1 is 1.22 bits per heavy atom. The van der Waals surface area contributed by atoms with Crippen LogP contribution in [0.1, 0.15) is 44.1 Å². The predicted molar refractivity (Wildman–Crippen MR) is 84.7 cm³/mol.